The standard InChI is InChI=1S/C4H9BN.C2H3N/c1-3-6-4-2-5-1;1-2-3/h6H,1-4H2;1H3. The van der Waals surface area contributed by atoms with Crippen LogP contribution in [-0.4, -0.2) is 20.4 Å². The SMILES string of the molecule is CC#N.[B]1CCNCC1. The third-order valence-corrected chi connectivity index (χ3v) is 1.05. The predicted octanol–water partition coefficient (Wildman–Crippen LogP) is 0.660. The molecule has 1 radical (unpaired) electrons. The summed E-state index contributed by atoms with van der Waals surface area (Å²) in [6, 6.07) is 1.75. The van der Waals surface area contributed by atoms with Gasteiger partial charge in [-0.05, 0) is 13.1 Å². The van der Waals surface area contributed by atoms with Gasteiger partial charge in [-0.25, -0.2) is 0 Å². The fraction of sp³-hybridized carbons (Fsp3) is 0.833. The largest absolute Gasteiger partial charge is 0.318 e. The highest BCUT2D eigenvalue weighted by Gasteiger charge is 1.95. The van der Waals surface area contributed by atoms with Gasteiger partial charge >= 0.3 is 0 Å². The van der Waals surface area contributed by atoms with Crippen molar-refractivity contribution in [1.82, 2.24) is 5.32 Å². The van der Waals surface area contributed by atoms with Crippen molar-refractivity contribution >= 4 is 7.28 Å². The van der Waals surface area contributed by atoms with Gasteiger partial charge in [0.1, 0.15) is 7.28 Å². The third kappa shape index (κ3) is 7.51. The van der Waals surface area contributed by atoms with Crippen molar-refractivity contribution in [3.05, 3.63) is 0 Å². The molecule has 1 aliphatic rings. The first kappa shape index (κ1) is 8.51. The van der Waals surface area contributed by atoms with Crippen LogP contribution in [0.25, 0.3) is 0 Å². The van der Waals surface area contributed by atoms with Gasteiger partial charge in [0.15, 0.2) is 0 Å². The van der Waals surface area contributed by atoms with Crippen molar-refractivity contribution in [3.8, 4) is 6.07 Å². The Kier molecular flexibility index (Phi) is 7.11. The van der Waals surface area contributed by atoms with E-state index >= 15 is 0 Å². The highest BCUT2D eigenvalue weighted by Crippen LogP contribution is 1.87. The number of nitriles is 1. The summed E-state index contributed by atoms with van der Waals surface area (Å²) in [7, 11) is 2.33. The van der Waals surface area contributed by atoms with Crippen LogP contribution in [0, 0.1) is 11.3 Å². The van der Waals surface area contributed by atoms with Crippen molar-refractivity contribution < 1.29 is 0 Å². The molecule has 1 saturated heterocycles. The van der Waals surface area contributed by atoms with Crippen LogP contribution >= 0.6 is 0 Å². The van der Waals surface area contributed by atoms with Gasteiger partial charge in [0.2, 0.25) is 0 Å². The van der Waals surface area contributed by atoms with Crippen LogP contribution in [0.15, 0.2) is 0 Å². The van der Waals surface area contributed by atoms with Gasteiger partial charge < -0.3 is 5.32 Å². The maximum absolute atomic E-state index is 7.32. The van der Waals surface area contributed by atoms with Gasteiger partial charge in [-0.1, -0.05) is 12.6 Å². The molecule has 1 fully saturated rings. The quantitative estimate of drug-likeness (QED) is 0.480. The zero-order chi connectivity index (χ0) is 6.95. The molecule has 9 heavy (non-hydrogen) atoms. The molecule has 2 nitrogen and oxygen atoms in total. The Hall–Kier alpha value is -0.485. The van der Waals surface area contributed by atoms with Crippen LogP contribution in [0.1, 0.15) is 6.92 Å². The number of nitrogens with zero attached hydrogens (tertiary/aromatic N) is 1. The number of hydrogen-bond acceptors (Lipinski definition) is 2. The van der Waals surface area contributed by atoms with Gasteiger partial charge in [-0.15, -0.1) is 0 Å². The number of hydrogen-bond donors (Lipinski definition) is 1. The monoisotopic (exact) mass is 123 g/mol. The highest BCUT2D eigenvalue weighted by atomic mass is 14.8. The maximum atomic E-state index is 7.32. The van der Waals surface area contributed by atoms with Gasteiger partial charge in [0.05, 0.1) is 6.07 Å². The van der Waals surface area contributed by atoms with E-state index in [1.807, 2.05) is 0 Å². The summed E-state index contributed by atoms with van der Waals surface area (Å²) in [4.78, 5) is 0. The van der Waals surface area contributed by atoms with Crippen molar-refractivity contribution in [2.24, 2.45) is 0 Å². The second kappa shape index (κ2) is 7.51. The fourth-order valence-corrected chi connectivity index (χ4v) is 0.678. The molecule has 0 atom stereocenters. The van der Waals surface area contributed by atoms with Gasteiger partial charge in [0, 0.05) is 6.92 Å². The summed E-state index contributed by atoms with van der Waals surface area (Å²) in [6.07, 6.45) is 2.53. The van der Waals surface area contributed by atoms with Crippen LogP contribution in [0.3, 0.4) is 0 Å². The first-order valence-electron chi connectivity index (χ1n) is 3.25. The lowest BCUT2D eigenvalue weighted by Crippen LogP contribution is -2.24. The summed E-state index contributed by atoms with van der Waals surface area (Å²) in [6.45, 7) is 3.82. The van der Waals surface area contributed by atoms with E-state index < -0.39 is 0 Å². The Morgan fingerprint density at radius 1 is 1.44 bits per heavy atom. The highest BCUT2D eigenvalue weighted by molar-refractivity contribution is 6.35. The molecule has 0 spiro atoms. The Balaban J connectivity index is 0.000000187. The molecule has 49 valence electrons. The lowest BCUT2D eigenvalue weighted by molar-refractivity contribution is 0.730. The second-order valence-electron chi connectivity index (χ2n) is 1.84. The molecule has 0 aromatic rings. The van der Waals surface area contributed by atoms with Crippen molar-refractivity contribution in [1.29, 1.82) is 5.26 Å². The van der Waals surface area contributed by atoms with Gasteiger partial charge in [0.25, 0.3) is 0 Å². The lowest BCUT2D eigenvalue weighted by atomic mass is 9.69. The average molecular weight is 123 g/mol. The lowest BCUT2D eigenvalue weighted by Gasteiger charge is -2.07. The van der Waals surface area contributed by atoms with Gasteiger partial charge in [-0.3, -0.25) is 0 Å². The van der Waals surface area contributed by atoms with Crippen LogP contribution in [0.5, 0.6) is 0 Å². The minimum Gasteiger partial charge on any atom is -0.318 e. The first-order valence-corrected chi connectivity index (χ1v) is 3.25. The van der Waals surface area contributed by atoms with Crippen LogP contribution < -0.4 is 5.32 Å². The molecule has 0 aromatic carbocycles. The third-order valence-electron chi connectivity index (χ3n) is 1.05. The second-order valence-corrected chi connectivity index (χ2v) is 1.84. The van der Waals surface area contributed by atoms with E-state index in [4.69, 9.17) is 5.26 Å². The summed E-state index contributed by atoms with van der Waals surface area (Å²) >= 11 is 0. The Labute approximate surface area is 57.5 Å². The zero-order valence-corrected chi connectivity index (χ0v) is 5.85. The summed E-state index contributed by atoms with van der Waals surface area (Å²) in [5.74, 6) is 0. The van der Waals surface area contributed by atoms with Crippen LogP contribution in [-0.2, 0) is 0 Å². The van der Waals surface area contributed by atoms with E-state index in [0.717, 1.165) is 0 Å². The Bertz CT molecular complexity index is 72.0. The van der Waals surface area contributed by atoms with E-state index in [0.29, 0.717) is 0 Å². The molecule has 0 aromatic heterocycles. The smallest absolute Gasteiger partial charge is 0.112 e. The molecule has 0 unspecified atom stereocenters. The van der Waals surface area contributed by atoms with Crippen molar-refractivity contribution in [2.75, 3.05) is 13.1 Å². The molecule has 1 rings (SSSR count). The van der Waals surface area contributed by atoms with E-state index in [-0.39, 0.29) is 0 Å². The normalized spacial score (nSPS) is 16.0. The number of nitrogens with one attached hydrogen (secondary N) is 1. The fourth-order valence-electron chi connectivity index (χ4n) is 0.678. The summed E-state index contributed by atoms with van der Waals surface area (Å²) in [5, 5.41) is 10.6. The van der Waals surface area contributed by atoms with E-state index in [1.165, 1.54) is 32.7 Å². The molecular weight excluding hydrogens is 111 g/mol. The van der Waals surface area contributed by atoms with Crippen LogP contribution in [0.4, 0.5) is 0 Å². The number of rotatable bonds is 0. The predicted molar refractivity (Wildman–Crippen MR) is 39.5 cm³/mol. The van der Waals surface area contributed by atoms with Crippen molar-refractivity contribution in [3.63, 3.8) is 0 Å². The average Bonchev–Trinajstić information content (AvgIpc) is 1.93. The molecule has 3 heteroatoms. The maximum Gasteiger partial charge on any atom is 0.112 e. The minimum absolute atomic E-state index is 1.19. The first-order chi connectivity index (χ1) is 4.41. The molecule has 1 N–H and O–H groups in total. The Morgan fingerprint density at radius 2 is 1.89 bits per heavy atom. The van der Waals surface area contributed by atoms with Crippen molar-refractivity contribution in [2.45, 2.75) is 19.6 Å². The van der Waals surface area contributed by atoms with E-state index in [9.17, 15) is 0 Å². The van der Waals surface area contributed by atoms with Crippen LogP contribution in [0.2, 0.25) is 12.6 Å². The molecule has 0 amide bonds. The Morgan fingerprint density at radius 3 is 2.00 bits per heavy atom. The molecule has 0 aliphatic carbocycles. The molecule has 0 bridgehead atoms. The topological polar surface area (TPSA) is 35.8 Å². The molecule has 0 saturated carbocycles. The van der Waals surface area contributed by atoms with E-state index in [1.54, 1.807) is 6.07 Å². The summed E-state index contributed by atoms with van der Waals surface area (Å²) < 4.78 is 0. The molecule has 1 heterocycles. The molecule has 1 aliphatic heterocycles. The zero-order valence-electron chi connectivity index (χ0n) is 5.85. The van der Waals surface area contributed by atoms with Gasteiger partial charge in [-0.2, -0.15) is 5.26 Å². The minimum atomic E-state index is 1.19. The molecular formula is C6H12BN2. The van der Waals surface area contributed by atoms with E-state index in [2.05, 4.69) is 12.6 Å². The summed E-state index contributed by atoms with van der Waals surface area (Å²) in [5.41, 5.74) is 0.